The number of ether oxygens (including phenoxy) is 1. The SMILES string of the molecule is CCOC(=O)c1c(NC(=O)C(Sc2cccc(NC(=O)CCC(=O)O)c2)c2ccccc2)sc2c1CCCCC2. The van der Waals surface area contributed by atoms with Gasteiger partial charge in [-0.25, -0.2) is 4.79 Å². The number of nitrogens with one attached hydrogen (secondary N) is 2. The Kier molecular flexibility index (Phi) is 10.4. The fraction of sp³-hybridized carbons (Fsp3) is 0.333. The molecule has 1 aliphatic rings. The van der Waals surface area contributed by atoms with E-state index in [1.165, 1.54) is 23.1 Å². The number of fused-ring (bicyclic) bond motifs is 1. The molecule has 0 bridgehead atoms. The predicted molar refractivity (Wildman–Crippen MR) is 157 cm³/mol. The number of benzene rings is 2. The number of carbonyl (C=O) groups excluding carboxylic acids is 3. The zero-order valence-electron chi connectivity index (χ0n) is 22.2. The minimum absolute atomic E-state index is 0.130. The average Bonchev–Trinajstić information content (AvgIpc) is 3.11. The molecule has 10 heteroatoms. The van der Waals surface area contributed by atoms with Crippen LogP contribution >= 0.6 is 23.1 Å². The lowest BCUT2D eigenvalue weighted by molar-refractivity contribution is -0.138. The molecule has 1 aliphatic carbocycles. The summed E-state index contributed by atoms with van der Waals surface area (Å²) in [6.07, 6.45) is 4.44. The van der Waals surface area contributed by atoms with Crippen LogP contribution in [0, 0.1) is 0 Å². The lowest BCUT2D eigenvalue weighted by Gasteiger charge is -2.18. The van der Waals surface area contributed by atoms with Crippen molar-refractivity contribution in [1.82, 2.24) is 0 Å². The number of anilines is 2. The van der Waals surface area contributed by atoms with Gasteiger partial charge in [-0.2, -0.15) is 0 Å². The Bertz CT molecular complexity index is 1370. The molecular formula is C30H32N2O6S2. The Balaban J connectivity index is 1.59. The van der Waals surface area contributed by atoms with E-state index in [2.05, 4.69) is 10.6 Å². The molecule has 2 amide bonds. The van der Waals surface area contributed by atoms with Gasteiger partial charge in [0.25, 0.3) is 0 Å². The monoisotopic (exact) mass is 580 g/mol. The molecule has 1 atom stereocenters. The van der Waals surface area contributed by atoms with E-state index in [0.717, 1.165) is 53.0 Å². The van der Waals surface area contributed by atoms with Gasteiger partial charge >= 0.3 is 11.9 Å². The molecule has 0 saturated carbocycles. The van der Waals surface area contributed by atoms with Crippen LogP contribution in [0.2, 0.25) is 0 Å². The van der Waals surface area contributed by atoms with Crippen LogP contribution in [0.15, 0.2) is 59.5 Å². The zero-order chi connectivity index (χ0) is 28.5. The van der Waals surface area contributed by atoms with Gasteiger partial charge in [-0.1, -0.05) is 42.8 Å². The number of amides is 2. The van der Waals surface area contributed by atoms with Gasteiger partial charge in [-0.15, -0.1) is 23.1 Å². The van der Waals surface area contributed by atoms with E-state index in [-0.39, 0.29) is 25.4 Å². The summed E-state index contributed by atoms with van der Waals surface area (Å²) in [6.45, 7) is 2.02. The highest BCUT2D eigenvalue weighted by Crippen LogP contribution is 2.41. The number of aliphatic carboxylic acids is 1. The maximum Gasteiger partial charge on any atom is 0.341 e. The maximum absolute atomic E-state index is 13.8. The minimum atomic E-state index is -1.04. The molecule has 210 valence electrons. The molecule has 0 spiro atoms. The summed E-state index contributed by atoms with van der Waals surface area (Å²) in [5, 5.41) is 14.5. The molecule has 0 radical (unpaired) electrons. The third-order valence-corrected chi connectivity index (χ3v) is 8.87. The van der Waals surface area contributed by atoms with Gasteiger partial charge in [0.1, 0.15) is 10.3 Å². The molecule has 1 heterocycles. The van der Waals surface area contributed by atoms with Crippen molar-refractivity contribution in [2.75, 3.05) is 17.2 Å². The van der Waals surface area contributed by atoms with Crippen molar-refractivity contribution in [3.8, 4) is 0 Å². The normalized spacial score (nSPS) is 13.4. The van der Waals surface area contributed by atoms with Gasteiger partial charge < -0.3 is 20.5 Å². The molecule has 3 aromatic rings. The topological polar surface area (TPSA) is 122 Å². The maximum atomic E-state index is 13.8. The fourth-order valence-electron chi connectivity index (χ4n) is 4.56. The van der Waals surface area contributed by atoms with Crippen molar-refractivity contribution in [1.29, 1.82) is 0 Å². The Morgan fingerprint density at radius 3 is 2.50 bits per heavy atom. The first kappa shape index (κ1) is 29.4. The Morgan fingerprint density at radius 2 is 1.75 bits per heavy atom. The number of carboxylic acids is 1. The molecule has 0 saturated heterocycles. The van der Waals surface area contributed by atoms with Crippen LogP contribution in [0.5, 0.6) is 0 Å². The molecule has 2 aromatic carbocycles. The van der Waals surface area contributed by atoms with Crippen molar-refractivity contribution in [2.45, 2.75) is 62.0 Å². The number of hydrogen-bond donors (Lipinski definition) is 3. The van der Waals surface area contributed by atoms with E-state index < -0.39 is 23.1 Å². The summed E-state index contributed by atoms with van der Waals surface area (Å²) < 4.78 is 5.38. The van der Waals surface area contributed by atoms with Crippen molar-refractivity contribution in [2.24, 2.45) is 0 Å². The minimum Gasteiger partial charge on any atom is -0.481 e. The lowest BCUT2D eigenvalue weighted by Crippen LogP contribution is -2.20. The summed E-state index contributed by atoms with van der Waals surface area (Å²) in [7, 11) is 0. The van der Waals surface area contributed by atoms with Crippen LogP contribution in [0.3, 0.4) is 0 Å². The Morgan fingerprint density at radius 1 is 0.975 bits per heavy atom. The second-order valence-corrected chi connectivity index (χ2v) is 11.6. The first-order valence-electron chi connectivity index (χ1n) is 13.3. The zero-order valence-corrected chi connectivity index (χ0v) is 23.9. The number of esters is 1. The standard InChI is InChI=1S/C30H32N2O6S2/c1-2-38-30(37)26-22-14-7-4-8-15-23(22)40-29(26)32-28(36)27(19-10-5-3-6-11-19)39-21-13-9-12-20(18-21)31-24(33)16-17-25(34)35/h3,5-6,9-13,18,27H,2,4,7-8,14-17H2,1H3,(H,31,33)(H,32,36)(H,34,35). The van der Waals surface area contributed by atoms with Gasteiger partial charge in [0.05, 0.1) is 18.6 Å². The van der Waals surface area contributed by atoms with E-state index in [1.54, 1.807) is 25.1 Å². The average molecular weight is 581 g/mol. The lowest BCUT2D eigenvalue weighted by atomic mass is 10.1. The molecule has 40 heavy (non-hydrogen) atoms. The van der Waals surface area contributed by atoms with Crippen molar-refractivity contribution >= 4 is 57.5 Å². The van der Waals surface area contributed by atoms with Crippen molar-refractivity contribution < 1.29 is 29.0 Å². The summed E-state index contributed by atoms with van der Waals surface area (Å²) >= 11 is 2.78. The van der Waals surface area contributed by atoms with Crippen LogP contribution in [-0.4, -0.2) is 35.5 Å². The number of carboxylic acid groups (broad SMARTS) is 1. The molecular weight excluding hydrogens is 548 g/mol. The van der Waals surface area contributed by atoms with Crippen molar-refractivity contribution in [3.63, 3.8) is 0 Å². The Labute approximate surface area is 241 Å². The number of carbonyl (C=O) groups is 4. The summed E-state index contributed by atoms with van der Waals surface area (Å²) in [6, 6.07) is 16.5. The van der Waals surface area contributed by atoms with E-state index in [4.69, 9.17) is 9.84 Å². The van der Waals surface area contributed by atoms with E-state index in [0.29, 0.717) is 16.3 Å². The molecule has 1 unspecified atom stereocenters. The smallest absolute Gasteiger partial charge is 0.341 e. The van der Waals surface area contributed by atoms with E-state index in [1.807, 2.05) is 36.4 Å². The third kappa shape index (κ3) is 7.73. The summed E-state index contributed by atoms with van der Waals surface area (Å²) in [5.41, 5.74) is 2.77. The number of aryl methyl sites for hydroxylation is 1. The van der Waals surface area contributed by atoms with E-state index >= 15 is 0 Å². The van der Waals surface area contributed by atoms with Crippen LogP contribution < -0.4 is 10.6 Å². The quantitative estimate of drug-likeness (QED) is 0.135. The molecule has 3 N–H and O–H groups in total. The second kappa shape index (κ2) is 14.1. The number of thioether (sulfide) groups is 1. The van der Waals surface area contributed by atoms with Gasteiger partial charge in [0, 0.05) is 21.9 Å². The predicted octanol–water partition coefficient (Wildman–Crippen LogP) is 6.47. The largest absolute Gasteiger partial charge is 0.481 e. The summed E-state index contributed by atoms with van der Waals surface area (Å²) in [5.74, 6) is -2.11. The first-order chi connectivity index (χ1) is 19.4. The molecule has 4 rings (SSSR count). The highest BCUT2D eigenvalue weighted by molar-refractivity contribution is 8.00. The number of rotatable bonds is 11. The third-order valence-electron chi connectivity index (χ3n) is 6.42. The van der Waals surface area contributed by atoms with Gasteiger partial charge in [0.2, 0.25) is 11.8 Å². The highest BCUT2D eigenvalue weighted by Gasteiger charge is 2.29. The van der Waals surface area contributed by atoms with Crippen LogP contribution in [0.4, 0.5) is 10.7 Å². The fourth-order valence-corrected chi connectivity index (χ4v) is 6.92. The van der Waals surface area contributed by atoms with Crippen molar-refractivity contribution in [3.05, 3.63) is 76.2 Å². The van der Waals surface area contributed by atoms with Crippen LogP contribution in [0.25, 0.3) is 0 Å². The summed E-state index contributed by atoms with van der Waals surface area (Å²) in [4.78, 5) is 51.6. The molecule has 8 nitrogen and oxygen atoms in total. The Hall–Kier alpha value is -3.63. The molecule has 0 aliphatic heterocycles. The van der Waals surface area contributed by atoms with Crippen LogP contribution in [0.1, 0.15) is 70.6 Å². The first-order valence-corrected chi connectivity index (χ1v) is 15.0. The molecule has 0 fully saturated rings. The van der Waals surface area contributed by atoms with E-state index in [9.17, 15) is 19.2 Å². The van der Waals surface area contributed by atoms with Gasteiger partial charge in [-0.05, 0) is 61.9 Å². The number of hydrogen-bond acceptors (Lipinski definition) is 7. The highest BCUT2D eigenvalue weighted by atomic mass is 32.2. The van der Waals surface area contributed by atoms with Gasteiger partial charge in [0.15, 0.2) is 0 Å². The van der Waals surface area contributed by atoms with Crippen LogP contribution in [-0.2, 0) is 32.0 Å². The second-order valence-electron chi connectivity index (χ2n) is 9.36. The van der Waals surface area contributed by atoms with Gasteiger partial charge in [-0.3, -0.25) is 14.4 Å². The number of thiophene rings is 1. The molecule has 1 aromatic heterocycles.